The first-order valence-corrected chi connectivity index (χ1v) is 5.87. The summed E-state index contributed by atoms with van der Waals surface area (Å²) in [5.74, 6) is 0. The third-order valence-corrected chi connectivity index (χ3v) is 2.98. The van der Waals surface area contributed by atoms with Crippen LogP contribution in [0.3, 0.4) is 0 Å². The van der Waals surface area contributed by atoms with Gasteiger partial charge in [-0.05, 0) is 12.0 Å². The predicted octanol–water partition coefficient (Wildman–Crippen LogP) is 0.714. The smallest absolute Gasteiger partial charge is 0.109 e. The fourth-order valence-electron chi connectivity index (χ4n) is 1.96. The molecule has 0 unspecified atom stereocenters. The van der Waals surface area contributed by atoms with E-state index < -0.39 is 12.2 Å². The van der Waals surface area contributed by atoms with Gasteiger partial charge in [0.05, 0.1) is 19.3 Å². The number of hydrogen-bond donors (Lipinski definition) is 2. The molecule has 1 saturated heterocycles. The first-order chi connectivity index (χ1) is 8.31. The Labute approximate surface area is 101 Å². The Morgan fingerprint density at radius 3 is 2.76 bits per heavy atom. The van der Waals surface area contributed by atoms with Crippen molar-refractivity contribution in [2.75, 3.05) is 13.2 Å². The summed E-state index contributed by atoms with van der Waals surface area (Å²) in [4.78, 5) is 0. The van der Waals surface area contributed by atoms with E-state index in [4.69, 9.17) is 14.6 Å². The molecule has 4 nitrogen and oxygen atoms in total. The molecule has 1 heterocycles. The Hall–Kier alpha value is -0.940. The Morgan fingerprint density at radius 1 is 1.29 bits per heavy atom. The minimum atomic E-state index is -0.752. The fourth-order valence-corrected chi connectivity index (χ4v) is 1.96. The maximum Gasteiger partial charge on any atom is 0.109 e. The van der Waals surface area contributed by atoms with Crippen LogP contribution in [0.15, 0.2) is 30.3 Å². The summed E-state index contributed by atoms with van der Waals surface area (Å²) in [7, 11) is 0. The summed E-state index contributed by atoms with van der Waals surface area (Å²) in [6.45, 7) is 0.814. The minimum Gasteiger partial charge on any atom is -0.394 e. The van der Waals surface area contributed by atoms with Crippen LogP contribution >= 0.6 is 0 Å². The summed E-state index contributed by atoms with van der Waals surface area (Å²) < 4.78 is 10.9. The van der Waals surface area contributed by atoms with E-state index in [2.05, 4.69) is 0 Å². The molecule has 0 bridgehead atoms. The molecule has 1 aliphatic heterocycles. The third-order valence-electron chi connectivity index (χ3n) is 2.98. The highest BCUT2D eigenvalue weighted by atomic mass is 16.5. The van der Waals surface area contributed by atoms with Gasteiger partial charge in [0.25, 0.3) is 0 Å². The molecule has 94 valence electrons. The van der Waals surface area contributed by atoms with Gasteiger partial charge in [-0.2, -0.15) is 0 Å². The Bertz CT molecular complexity index is 327. The van der Waals surface area contributed by atoms with E-state index in [9.17, 15) is 5.11 Å². The number of hydrogen-bond acceptors (Lipinski definition) is 4. The molecule has 2 rings (SSSR count). The lowest BCUT2D eigenvalue weighted by molar-refractivity contribution is -0.168. The molecule has 1 fully saturated rings. The zero-order valence-electron chi connectivity index (χ0n) is 9.66. The molecule has 4 heteroatoms. The largest absolute Gasteiger partial charge is 0.394 e. The molecule has 2 N–H and O–H groups in total. The van der Waals surface area contributed by atoms with Gasteiger partial charge in [-0.25, -0.2) is 0 Å². The van der Waals surface area contributed by atoms with Crippen molar-refractivity contribution in [1.82, 2.24) is 0 Å². The van der Waals surface area contributed by atoms with Crippen LogP contribution in [-0.4, -0.2) is 41.7 Å². The highest BCUT2D eigenvalue weighted by Gasteiger charge is 2.32. The van der Waals surface area contributed by atoms with Gasteiger partial charge >= 0.3 is 0 Å². The van der Waals surface area contributed by atoms with Crippen molar-refractivity contribution >= 4 is 0 Å². The van der Waals surface area contributed by atoms with Gasteiger partial charge in [-0.3, -0.25) is 0 Å². The second-order valence-electron chi connectivity index (χ2n) is 4.21. The Morgan fingerprint density at radius 2 is 2.06 bits per heavy atom. The van der Waals surface area contributed by atoms with Crippen LogP contribution in [0.4, 0.5) is 0 Å². The molecule has 1 aliphatic rings. The molecule has 0 aromatic heterocycles. The summed E-state index contributed by atoms with van der Waals surface area (Å²) >= 11 is 0. The van der Waals surface area contributed by atoms with E-state index in [-0.39, 0.29) is 12.7 Å². The van der Waals surface area contributed by atoms with E-state index in [0.717, 1.165) is 5.56 Å². The normalized spacial score (nSPS) is 29.2. The molecule has 1 aromatic carbocycles. The lowest BCUT2D eigenvalue weighted by Crippen LogP contribution is -2.47. The van der Waals surface area contributed by atoms with Gasteiger partial charge in [0.1, 0.15) is 12.2 Å². The Kier molecular flexibility index (Phi) is 4.50. The number of rotatable bonds is 4. The van der Waals surface area contributed by atoms with Crippen LogP contribution in [0.2, 0.25) is 0 Å². The average molecular weight is 238 g/mol. The van der Waals surface area contributed by atoms with Crippen LogP contribution in [0.25, 0.3) is 0 Å². The summed E-state index contributed by atoms with van der Waals surface area (Å²) in [6, 6.07) is 9.82. The molecule has 3 atom stereocenters. The maximum atomic E-state index is 9.90. The van der Waals surface area contributed by atoms with Crippen LogP contribution in [0.5, 0.6) is 0 Å². The van der Waals surface area contributed by atoms with Crippen molar-refractivity contribution in [2.24, 2.45) is 0 Å². The molecular weight excluding hydrogens is 220 g/mol. The fraction of sp³-hybridized carbons (Fsp3) is 0.538. The summed E-state index contributed by atoms with van der Waals surface area (Å²) in [5, 5.41) is 18.9. The highest BCUT2D eigenvalue weighted by molar-refractivity contribution is 5.13. The van der Waals surface area contributed by atoms with Crippen molar-refractivity contribution in [3.8, 4) is 0 Å². The van der Waals surface area contributed by atoms with Gasteiger partial charge in [-0.1, -0.05) is 30.3 Å². The first-order valence-electron chi connectivity index (χ1n) is 5.87. The number of aliphatic hydroxyl groups excluding tert-OH is 2. The average Bonchev–Trinajstić information content (AvgIpc) is 2.39. The second-order valence-corrected chi connectivity index (χ2v) is 4.21. The topological polar surface area (TPSA) is 58.9 Å². The van der Waals surface area contributed by atoms with Crippen molar-refractivity contribution in [2.45, 2.75) is 31.3 Å². The minimum absolute atomic E-state index is 0.174. The van der Waals surface area contributed by atoms with Crippen molar-refractivity contribution in [3.05, 3.63) is 35.9 Å². The summed E-state index contributed by atoms with van der Waals surface area (Å²) in [5.41, 5.74) is 1.08. The molecule has 0 spiro atoms. The van der Waals surface area contributed by atoms with E-state index in [1.807, 2.05) is 30.3 Å². The number of aliphatic hydroxyl groups is 2. The van der Waals surface area contributed by atoms with Crippen molar-refractivity contribution < 1.29 is 19.7 Å². The molecule has 0 radical (unpaired) electrons. The van der Waals surface area contributed by atoms with E-state index in [1.165, 1.54) is 0 Å². The van der Waals surface area contributed by atoms with Crippen molar-refractivity contribution in [3.63, 3.8) is 0 Å². The zero-order valence-corrected chi connectivity index (χ0v) is 9.66. The molecule has 0 aliphatic carbocycles. The van der Waals surface area contributed by atoms with Gasteiger partial charge in [0.15, 0.2) is 0 Å². The predicted molar refractivity (Wildman–Crippen MR) is 62.5 cm³/mol. The number of ether oxygens (including phenoxy) is 2. The lowest BCUT2D eigenvalue weighted by Gasteiger charge is -2.33. The lowest BCUT2D eigenvalue weighted by atomic mass is 10.0. The van der Waals surface area contributed by atoms with Crippen LogP contribution < -0.4 is 0 Å². The quantitative estimate of drug-likeness (QED) is 0.811. The van der Waals surface area contributed by atoms with Gasteiger partial charge in [-0.15, -0.1) is 0 Å². The standard InChI is InChI=1S/C13H18O4/c14-8-12-13(15)11(6-7-16-12)17-9-10-4-2-1-3-5-10/h1-5,11-15H,6-9H2/t11-,12-,13+/m1/s1. The molecule has 1 aromatic rings. The SMILES string of the molecule is OC[C@H]1OCC[C@@H](OCc2ccccc2)[C@@H]1O. The van der Waals surface area contributed by atoms with Crippen LogP contribution in [0, 0.1) is 0 Å². The van der Waals surface area contributed by atoms with Crippen molar-refractivity contribution in [1.29, 1.82) is 0 Å². The number of benzene rings is 1. The van der Waals surface area contributed by atoms with Gasteiger partial charge in [0, 0.05) is 6.61 Å². The van der Waals surface area contributed by atoms with Gasteiger partial charge < -0.3 is 19.7 Å². The van der Waals surface area contributed by atoms with E-state index in [0.29, 0.717) is 19.6 Å². The molecule has 0 amide bonds. The van der Waals surface area contributed by atoms with E-state index in [1.54, 1.807) is 0 Å². The zero-order chi connectivity index (χ0) is 12.1. The molecule has 0 saturated carbocycles. The second kappa shape index (κ2) is 6.12. The summed E-state index contributed by atoms with van der Waals surface area (Å²) in [6.07, 6.45) is -0.882. The van der Waals surface area contributed by atoms with Gasteiger partial charge in [0.2, 0.25) is 0 Å². The van der Waals surface area contributed by atoms with Crippen LogP contribution in [0.1, 0.15) is 12.0 Å². The highest BCUT2D eigenvalue weighted by Crippen LogP contribution is 2.18. The third kappa shape index (κ3) is 3.26. The molecule has 17 heavy (non-hydrogen) atoms. The van der Waals surface area contributed by atoms with E-state index >= 15 is 0 Å². The monoisotopic (exact) mass is 238 g/mol. The first kappa shape index (κ1) is 12.5. The molecular formula is C13H18O4. The maximum absolute atomic E-state index is 9.90. The van der Waals surface area contributed by atoms with Crippen LogP contribution in [-0.2, 0) is 16.1 Å². The Balaban J connectivity index is 1.86.